The molecule has 0 saturated carbocycles. The molecule has 1 aromatic carbocycles. The van der Waals surface area contributed by atoms with Crippen molar-refractivity contribution in [2.75, 3.05) is 25.1 Å². The van der Waals surface area contributed by atoms with E-state index in [2.05, 4.69) is 4.99 Å². The van der Waals surface area contributed by atoms with Crippen LogP contribution in [0.3, 0.4) is 0 Å². The molecule has 0 radical (unpaired) electrons. The number of imide groups is 1. The van der Waals surface area contributed by atoms with Gasteiger partial charge in [-0.3, -0.25) is 14.6 Å². The molecule has 1 aromatic rings. The van der Waals surface area contributed by atoms with Crippen molar-refractivity contribution in [3.05, 3.63) is 41.2 Å². The van der Waals surface area contributed by atoms with E-state index in [0.29, 0.717) is 17.4 Å². The van der Waals surface area contributed by atoms with Crippen LogP contribution >= 0.6 is 11.6 Å². The third-order valence-corrected chi connectivity index (χ3v) is 5.23. The Hall–Kier alpha value is -2.58. The minimum absolute atomic E-state index is 0.0815. The van der Waals surface area contributed by atoms with E-state index in [1.54, 1.807) is 13.1 Å². The van der Waals surface area contributed by atoms with Gasteiger partial charge in [0.25, 0.3) is 5.91 Å². The van der Waals surface area contributed by atoms with Crippen molar-refractivity contribution in [3.8, 4) is 0 Å². The number of hydrogen-bond donors (Lipinski definition) is 1. The van der Waals surface area contributed by atoms with Gasteiger partial charge in [-0.05, 0) is 31.5 Å². The van der Waals surface area contributed by atoms with E-state index in [1.165, 1.54) is 9.80 Å². The molecule has 0 aliphatic carbocycles. The summed E-state index contributed by atoms with van der Waals surface area (Å²) in [5, 5.41) is 9.67. The van der Waals surface area contributed by atoms with Crippen molar-refractivity contribution in [2.24, 2.45) is 4.99 Å². The van der Waals surface area contributed by atoms with E-state index >= 15 is 0 Å². The maximum absolute atomic E-state index is 13.0. The van der Waals surface area contributed by atoms with Gasteiger partial charge in [0.1, 0.15) is 0 Å². The zero-order chi connectivity index (χ0) is 19.3. The van der Waals surface area contributed by atoms with Crippen molar-refractivity contribution >= 4 is 35.2 Å². The molecule has 3 heterocycles. The lowest BCUT2D eigenvalue weighted by atomic mass is 10.1. The molecule has 142 valence electrons. The largest absolute Gasteiger partial charge is 0.396 e. The Kier molecular flexibility index (Phi) is 4.32. The van der Waals surface area contributed by atoms with Crippen molar-refractivity contribution < 1.29 is 14.7 Å². The number of benzene rings is 1. The van der Waals surface area contributed by atoms with Crippen LogP contribution in [0.4, 0.5) is 10.5 Å². The maximum Gasteiger partial charge on any atom is 0.328 e. The second kappa shape index (κ2) is 6.54. The van der Waals surface area contributed by atoms with Gasteiger partial charge in [0, 0.05) is 37.1 Å². The summed E-state index contributed by atoms with van der Waals surface area (Å²) in [4.78, 5) is 36.7. The summed E-state index contributed by atoms with van der Waals surface area (Å²) in [6.07, 6.45) is 1.63. The highest BCUT2D eigenvalue weighted by Crippen LogP contribution is 2.37. The van der Waals surface area contributed by atoms with Gasteiger partial charge < -0.3 is 14.9 Å². The number of guanidine groups is 1. The van der Waals surface area contributed by atoms with Crippen LogP contribution in [0.25, 0.3) is 0 Å². The Morgan fingerprint density at radius 2 is 2.07 bits per heavy atom. The molecule has 8 nitrogen and oxygen atoms in total. The Morgan fingerprint density at radius 3 is 2.78 bits per heavy atom. The van der Waals surface area contributed by atoms with E-state index in [4.69, 9.17) is 16.7 Å². The van der Waals surface area contributed by atoms with Crippen LogP contribution in [0, 0.1) is 0 Å². The first kappa shape index (κ1) is 17.8. The van der Waals surface area contributed by atoms with Gasteiger partial charge in [-0.1, -0.05) is 17.7 Å². The van der Waals surface area contributed by atoms with Crippen LogP contribution in [0.15, 0.2) is 41.2 Å². The summed E-state index contributed by atoms with van der Waals surface area (Å²) < 4.78 is 0. The zero-order valence-electron chi connectivity index (χ0n) is 15.0. The molecule has 3 amide bonds. The van der Waals surface area contributed by atoms with E-state index in [9.17, 15) is 9.59 Å². The molecule has 1 N–H and O–H groups in total. The minimum atomic E-state index is -0.611. The zero-order valence-corrected chi connectivity index (χ0v) is 15.8. The second-order valence-electron chi connectivity index (χ2n) is 6.74. The van der Waals surface area contributed by atoms with E-state index < -0.39 is 18.2 Å². The van der Waals surface area contributed by atoms with Crippen molar-refractivity contribution in [1.29, 1.82) is 0 Å². The average molecular weight is 390 g/mol. The highest BCUT2D eigenvalue weighted by molar-refractivity contribution is 6.31. The summed E-state index contributed by atoms with van der Waals surface area (Å²) in [6, 6.07) is 6.39. The quantitative estimate of drug-likeness (QED) is 0.847. The number of carbonyl (C=O) groups is 2. The van der Waals surface area contributed by atoms with Crippen molar-refractivity contribution in [2.45, 2.75) is 25.6 Å². The lowest BCUT2D eigenvalue weighted by molar-refractivity contribution is -0.136. The number of likely N-dealkylation sites (N-methyl/N-ethyl adjacent to an activating group) is 1. The van der Waals surface area contributed by atoms with Crippen molar-refractivity contribution in [1.82, 2.24) is 14.7 Å². The number of amides is 3. The molecule has 27 heavy (non-hydrogen) atoms. The molecule has 9 heteroatoms. The number of urea groups is 1. The molecule has 2 unspecified atom stereocenters. The summed E-state index contributed by atoms with van der Waals surface area (Å²) in [7, 11) is 1.64. The highest BCUT2D eigenvalue weighted by atomic mass is 35.5. The topological polar surface area (TPSA) is 79.7 Å². The first-order chi connectivity index (χ1) is 12.9. The monoisotopic (exact) mass is 389 g/mol. The Balaban J connectivity index is 1.70. The maximum atomic E-state index is 13.0. The van der Waals surface area contributed by atoms with Gasteiger partial charge in [-0.15, -0.1) is 0 Å². The van der Waals surface area contributed by atoms with Gasteiger partial charge in [0.15, 0.2) is 12.2 Å². The normalized spacial score (nSPS) is 24.3. The predicted octanol–water partition coefficient (Wildman–Crippen LogP) is 1.66. The SMILES string of the molecule is CC1=CN2C(=NC3C2C(=O)N(CCCO)C(=O)N3C)N1c1cccc(Cl)c1. The molecule has 0 spiro atoms. The van der Waals surface area contributed by atoms with Crippen molar-refractivity contribution in [3.63, 3.8) is 0 Å². The summed E-state index contributed by atoms with van der Waals surface area (Å²) in [6.45, 7) is 2.04. The van der Waals surface area contributed by atoms with Crippen LogP contribution in [0.5, 0.6) is 0 Å². The number of aliphatic hydroxyl groups is 1. The van der Waals surface area contributed by atoms with E-state index in [1.807, 2.05) is 41.1 Å². The number of aliphatic imine (C=N–C) groups is 1. The van der Waals surface area contributed by atoms with Gasteiger partial charge in [0.2, 0.25) is 5.96 Å². The number of aliphatic hydroxyl groups excluding tert-OH is 1. The van der Waals surface area contributed by atoms with Gasteiger partial charge >= 0.3 is 6.03 Å². The fraction of sp³-hybridized carbons (Fsp3) is 0.389. The fourth-order valence-corrected chi connectivity index (χ4v) is 3.91. The third-order valence-electron chi connectivity index (χ3n) is 4.99. The lowest BCUT2D eigenvalue weighted by Crippen LogP contribution is -2.64. The molecule has 1 saturated heterocycles. The molecule has 3 aliphatic rings. The summed E-state index contributed by atoms with van der Waals surface area (Å²) >= 11 is 6.14. The molecular formula is C18H20ClN5O3. The minimum Gasteiger partial charge on any atom is -0.396 e. The molecular weight excluding hydrogens is 370 g/mol. The van der Waals surface area contributed by atoms with Crippen LogP contribution in [-0.2, 0) is 4.79 Å². The second-order valence-corrected chi connectivity index (χ2v) is 7.18. The summed E-state index contributed by atoms with van der Waals surface area (Å²) in [5.74, 6) is 0.300. The number of fused-ring (bicyclic) bond motifs is 3. The van der Waals surface area contributed by atoms with Crippen LogP contribution in [0.1, 0.15) is 13.3 Å². The van der Waals surface area contributed by atoms with Crippen LogP contribution in [0.2, 0.25) is 5.02 Å². The standard InChI is InChI=1S/C18H20ClN5O3/c1-11-10-23-14-15(21(2)18(27)22(16(14)26)7-4-8-25)20-17(23)24(11)13-6-3-5-12(19)9-13/h3,5-6,9-10,14-15,25H,4,7-8H2,1-2H3. The Bertz CT molecular complexity index is 870. The Labute approximate surface area is 161 Å². The van der Waals surface area contributed by atoms with Gasteiger partial charge in [-0.2, -0.15) is 0 Å². The highest BCUT2D eigenvalue weighted by Gasteiger charge is 2.54. The average Bonchev–Trinajstić information content (AvgIpc) is 3.14. The fourth-order valence-electron chi connectivity index (χ4n) is 3.72. The smallest absolute Gasteiger partial charge is 0.328 e. The molecule has 2 atom stereocenters. The molecule has 3 aliphatic heterocycles. The number of anilines is 1. The first-order valence-corrected chi connectivity index (χ1v) is 9.11. The number of nitrogens with zero attached hydrogens (tertiary/aromatic N) is 5. The summed E-state index contributed by atoms with van der Waals surface area (Å²) in [5.41, 5.74) is 1.75. The van der Waals surface area contributed by atoms with E-state index in [-0.39, 0.29) is 19.1 Å². The number of allylic oxidation sites excluding steroid dienone is 1. The Morgan fingerprint density at radius 1 is 1.30 bits per heavy atom. The van der Waals surface area contributed by atoms with Crippen LogP contribution in [-0.4, -0.2) is 70.1 Å². The van der Waals surface area contributed by atoms with E-state index in [0.717, 1.165) is 11.4 Å². The molecule has 1 fully saturated rings. The number of carbonyl (C=O) groups excluding carboxylic acids is 2. The lowest BCUT2D eigenvalue weighted by Gasteiger charge is -2.40. The molecule has 0 bridgehead atoms. The molecule has 4 rings (SSSR count). The number of hydrogen-bond acceptors (Lipinski definition) is 6. The van der Waals surface area contributed by atoms with Gasteiger partial charge in [-0.25, -0.2) is 9.79 Å². The molecule has 0 aromatic heterocycles. The van der Waals surface area contributed by atoms with Gasteiger partial charge in [0.05, 0.1) is 5.69 Å². The number of rotatable bonds is 4. The number of halogens is 1. The third kappa shape index (κ3) is 2.67. The van der Waals surface area contributed by atoms with Crippen LogP contribution < -0.4 is 4.90 Å². The predicted molar refractivity (Wildman–Crippen MR) is 101 cm³/mol. The first-order valence-electron chi connectivity index (χ1n) is 8.73.